The van der Waals surface area contributed by atoms with Crippen LogP contribution < -0.4 is 0 Å². The van der Waals surface area contributed by atoms with E-state index in [0.29, 0.717) is 38.0 Å². The highest BCUT2D eigenvalue weighted by Crippen LogP contribution is 2.39. The smallest absolute Gasteiger partial charge is 0.171 e. The number of halogens is 2. The Kier molecular flexibility index (Phi) is 2.91. The lowest BCUT2D eigenvalue weighted by Gasteiger charge is -2.04. The van der Waals surface area contributed by atoms with Gasteiger partial charge in [0.25, 0.3) is 0 Å². The lowest BCUT2D eigenvalue weighted by Crippen LogP contribution is -2.09. The fraction of sp³-hybridized carbons (Fsp3) is 0. The normalized spacial score (nSPS) is 16.6. The molecule has 6 heteroatoms. The topological polar surface area (TPSA) is 72.3 Å². The van der Waals surface area contributed by atoms with Crippen LogP contribution in [0.2, 0.25) is 10.0 Å². The van der Waals surface area contributed by atoms with Crippen LogP contribution in [0.4, 0.5) is 0 Å². The van der Waals surface area contributed by atoms with Crippen LogP contribution in [0.3, 0.4) is 0 Å². The zero-order chi connectivity index (χ0) is 14.3. The van der Waals surface area contributed by atoms with Crippen LogP contribution in [0.1, 0.15) is 11.1 Å². The minimum Gasteiger partial charge on any atom is -0.171 e. The first-order chi connectivity index (χ1) is 9.69. The Hall–Kier alpha value is -2.40. The van der Waals surface area contributed by atoms with Crippen molar-refractivity contribution in [3.63, 3.8) is 0 Å². The number of hydrogen-bond acceptors (Lipinski definition) is 4. The van der Waals surface area contributed by atoms with Gasteiger partial charge in [-0.3, -0.25) is 0 Å². The molecule has 1 aliphatic rings. The first-order valence-corrected chi connectivity index (χ1v) is 6.30. The van der Waals surface area contributed by atoms with Crippen molar-refractivity contribution < 1.29 is 0 Å². The summed E-state index contributed by atoms with van der Waals surface area (Å²) in [7, 11) is 0. The standard InChI is InChI=1S/C14H4Cl2N4/c15-9-3-1-7-11-8(2-4-10(16)12(9)11)14(20-6-18)13(7)19-5-17/h1-4H. The quantitative estimate of drug-likeness (QED) is 0.696. The van der Waals surface area contributed by atoms with Gasteiger partial charge in [0.15, 0.2) is 0 Å². The summed E-state index contributed by atoms with van der Waals surface area (Å²) < 4.78 is 0. The molecule has 0 spiro atoms. The van der Waals surface area contributed by atoms with E-state index < -0.39 is 0 Å². The monoisotopic (exact) mass is 298 g/mol. The SMILES string of the molecule is N#CN=C1C(=NC#N)c2ccc(Cl)c3c(Cl)ccc1c23. The summed E-state index contributed by atoms with van der Waals surface area (Å²) in [5.74, 6) is 0. The van der Waals surface area contributed by atoms with Crippen molar-refractivity contribution in [2.75, 3.05) is 0 Å². The molecule has 0 heterocycles. The van der Waals surface area contributed by atoms with Crippen LogP contribution in [0.5, 0.6) is 0 Å². The molecule has 20 heavy (non-hydrogen) atoms. The third kappa shape index (κ3) is 1.60. The van der Waals surface area contributed by atoms with Gasteiger partial charge >= 0.3 is 0 Å². The molecular weight excluding hydrogens is 295 g/mol. The Balaban J connectivity index is 2.55. The fourth-order valence-corrected chi connectivity index (χ4v) is 2.96. The number of rotatable bonds is 0. The molecule has 0 saturated carbocycles. The molecule has 0 unspecified atom stereocenters. The molecule has 0 aliphatic heterocycles. The Bertz CT molecular complexity index is 827. The number of nitriles is 2. The van der Waals surface area contributed by atoms with Crippen molar-refractivity contribution >= 4 is 45.4 Å². The van der Waals surface area contributed by atoms with Gasteiger partial charge in [0.1, 0.15) is 11.4 Å². The van der Waals surface area contributed by atoms with Gasteiger partial charge in [-0.05, 0) is 12.1 Å². The van der Waals surface area contributed by atoms with Crippen LogP contribution in [-0.2, 0) is 0 Å². The minimum atomic E-state index is 0.369. The van der Waals surface area contributed by atoms with Gasteiger partial charge in [-0.25, -0.2) is 0 Å². The molecule has 4 nitrogen and oxygen atoms in total. The highest BCUT2D eigenvalue weighted by Gasteiger charge is 2.29. The third-order valence-electron chi connectivity index (χ3n) is 3.12. The predicted molar refractivity (Wildman–Crippen MR) is 78.3 cm³/mol. The summed E-state index contributed by atoms with van der Waals surface area (Å²) in [6, 6.07) is 6.88. The van der Waals surface area contributed by atoms with E-state index in [4.69, 9.17) is 33.7 Å². The van der Waals surface area contributed by atoms with Gasteiger partial charge in [-0.2, -0.15) is 20.5 Å². The second-order valence-electron chi connectivity index (χ2n) is 4.06. The zero-order valence-electron chi connectivity index (χ0n) is 9.85. The minimum absolute atomic E-state index is 0.369. The molecule has 2 aromatic carbocycles. The molecule has 0 bridgehead atoms. The lowest BCUT2D eigenvalue weighted by atomic mass is 10.0. The number of hydrogen-bond donors (Lipinski definition) is 0. The van der Waals surface area contributed by atoms with Gasteiger partial charge in [0.05, 0.1) is 0 Å². The van der Waals surface area contributed by atoms with Gasteiger partial charge in [-0.15, -0.1) is 0 Å². The highest BCUT2D eigenvalue weighted by molar-refractivity contribution is 6.62. The molecule has 0 fully saturated rings. The maximum Gasteiger partial charge on any atom is 0.206 e. The van der Waals surface area contributed by atoms with E-state index >= 15 is 0 Å². The van der Waals surface area contributed by atoms with E-state index in [2.05, 4.69) is 9.98 Å². The maximum atomic E-state index is 8.83. The van der Waals surface area contributed by atoms with Crippen molar-refractivity contribution in [1.82, 2.24) is 0 Å². The highest BCUT2D eigenvalue weighted by atomic mass is 35.5. The molecule has 2 aromatic rings. The van der Waals surface area contributed by atoms with Gasteiger partial charge in [0.2, 0.25) is 12.4 Å². The van der Waals surface area contributed by atoms with Gasteiger partial charge in [0, 0.05) is 31.9 Å². The van der Waals surface area contributed by atoms with E-state index in [0.717, 1.165) is 5.39 Å². The molecule has 0 atom stereocenters. The Labute approximate surface area is 124 Å². The summed E-state index contributed by atoms with van der Waals surface area (Å²) in [5, 5.41) is 20.1. The first kappa shape index (κ1) is 12.6. The van der Waals surface area contributed by atoms with Crippen LogP contribution in [0, 0.1) is 22.9 Å². The van der Waals surface area contributed by atoms with Crippen LogP contribution in [0.25, 0.3) is 10.8 Å². The van der Waals surface area contributed by atoms with E-state index in [1.54, 1.807) is 36.7 Å². The molecule has 0 N–H and O–H groups in total. The van der Waals surface area contributed by atoms with Crippen molar-refractivity contribution in [1.29, 1.82) is 10.5 Å². The molecule has 0 amide bonds. The molecule has 3 rings (SSSR count). The van der Waals surface area contributed by atoms with E-state index in [-0.39, 0.29) is 0 Å². The molecular formula is C14H4Cl2N4. The van der Waals surface area contributed by atoms with Crippen LogP contribution in [-0.4, -0.2) is 11.4 Å². The summed E-state index contributed by atoms with van der Waals surface area (Å²) in [4.78, 5) is 7.55. The van der Waals surface area contributed by atoms with Crippen molar-refractivity contribution in [3.05, 3.63) is 45.4 Å². The fourth-order valence-electron chi connectivity index (χ4n) is 2.39. The average molecular weight is 299 g/mol. The van der Waals surface area contributed by atoms with Crippen molar-refractivity contribution in [3.8, 4) is 12.4 Å². The van der Waals surface area contributed by atoms with E-state index in [9.17, 15) is 0 Å². The molecule has 1 aliphatic carbocycles. The van der Waals surface area contributed by atoms with Crippen molar-refractivity contribution in [2.24, 2.45) is 9.98 Å². The largest absolute Gasteiger partial charge is 0.206 e. The predicted octanol–water partition coefficient (Wildman–Crippen LogP) is 3.70. The Morgan fingerprint density at radius 3 is 1.60 bits per heavy atom. The molecule has 94 valence electrons. The summed E-state index contributed by atoms with van der Waals surface area (Å²) in [5.41, 5.74) is 2.15. The molecule has 0 radical (unpaired) electrons. The van der Waals surface area contributed by atoms with Crippen LogP contribution >= 0.6 is 23.2 Å². The number of nitrogens with zero attached hydrogens (tertiary/aromatic N) is 4. The lowest BCUT2D eigenvalue weighted by molar-refractivity contribution is 1.43. The second kappa shape index (κ2) is 4.61. The van der Waals surface area contributed by atoms with Gasteiger partial charge in [-0.1, -0.05) is 35.3 Å². The Morgan fingerprint density at radius 1 is 0.750 bits per heavy atom. The summed E-state index contributed by atoms with van der Waals surface area (Å²) in [6.07, 6.45) is 3.47. The zero-order valence-corrected chi connectivity index (χ0v) is 11.4. The van der Waals surface area contributed by atoms with E-state index in [1.807, 2.05) is 0 Å². The Morgan fingerprint density at radius 2 is 1.20 bits per heavy atom. The van der Waals surface area contributed by atoms with Crippen LogP contribution in [0.15, 0.2) is 34.3 Å². The number of aliphatic imine (C=N–C) groups is 2. The van der Waals surface area contributed by atoms with Crippen molar-refractivity contribution in [2.45, 2.75) is 0 Å². The summed E-state index contributed by atoms with van der Waals surface area (Å²) in [6.45, 7) is 0. The van der Waals surface area contributed by atoms with Gasteiger partial charge < -0.3 is 0 Å². The number of benzene rings is 2. The maximum absolute atomic E-state index is 8.83. The third-order valence-corrected chi connectivity index (χ3v) is 3.75. The second-order valence-corrected chi connectivity index (χ2v) is 4.88. The molecule has 0 saturated heterocycles. The first-order valence-electron chi connectivity index (χ1n) is 5.54. The summed E-state index contributed by atoms with van der Waals surface area (Å²) >= 11 is 12.4. The average Bonchev–Trinajstić information content (AvgIpc) is 2.72. The van der Waals surface area contributed by atoms with E-state index in [1.165, 1.54) is 0 Å². The molecule has 0 aromatic heterocycles.